The number of rotatable bonds is 1. The molecule has 2 unspecified atom stereocenters. The Balaban J connectivity index is 1.95. The number of nitrogens with one attached hydrogen (secondary N) is 2. The third-order valence-corrected chi connectivity index (χ3v) is 3.97. The van der Waals surface area contributed by atoms with Gasteiger partial charge < -0.3 is 10.6 Å². The van der Waals surface area contributed by atoms with Crippen LogP contribution in [-0.4, -0.2) is 31.6 Å². The van der Waals surface area contributed by atoms with Crippen molar-refractivity contribution in [2.45, 2.75) is 38.3 Å². The van der Waals surface area contributed by atoms with E-state index in [1.165, 1.54) is 0 Å². The number of halogens is 2. The van der Waals surface area contributed by atoms with Gasteiger partial charge in [0.15, 0.2) is 6.07 Å². The first-order chi connectivity index (χ1) is 9.11. The molecule has 0 amide bonds. The van der Waals surface area contributed by atoms with E-state index in [9.17, 15) is 8.78 Å². The van der Waals surface area contributed by atoms with Crippen molar-refractivity contribution in [1.82, 2.24) is 10.6 Å². The minimum Gasteiger partial charge on any atom is -0.301 e. The highest BCUT2D eigenvalue weighted by Crippen LogP contribution is 2.35. The van der Waals surface area contributed by atoms with Gasteiger partial charge in [-0.2, -0.15) is 5.26 Å². The van der Waals surface area contributed by atoms with Crippen LogP contribution in [0.15, 0.2) is 0 Å². The molecule has 2 rings (SSSR count). The topological polar surface area (TPSA) is 47.9 Å². The highest BCUT2D eigenvalue weighted by Gasteiger charge is 2.41. The molecule has 1 aliphatic carbocycles. The predicted molar refractivity (Wildman–Crippen MR) is 68.4 cm³/mol. The average molecular weight is 267 g/mol. The fraction of sp³-hybridized carbons (Fsp3) is 0.786. The second kappa shape index (κ2) is 6.32. The zero-order valence-electron chi connectivity index (χ0n) is 11.0. The van der Waals surface area contributed by atoms with Crippen LogP contribution in [0.2, 0.25) is 0 Å². The summed E-state index contributed by atoms with van der Waals surface area (Å²) in [5.74, 6) is 4.06. The van der Waals surface area contributed by atoms with Crippen molar-refractivity contribution in [3.8, 4) is 17.9 Å². The van der Waals surface area contributed by atoms with E-state index in [0.717, 1.165) is 13.1 Å². The largest absolute Gasteiger partial charge is 0.301 e. The maximum absolute atomic E-state index is 14.0. The summed E-state index contributed by atoms with van der Waals surface area (Å²) in [5, 5.41) is 15.0. The first-order valence-electron chi connectivity index (χ1n) is 6.76. The smallest absolute Gasteiger partial charge is 0.152 e. The number of hydrogen-bond donors (Lipinski definition) is 2. The Bertz CT molecular complexity index is 389. The molecule has 0 aromatic heterocycles. The number of hydrogen-bond acceptors (Lipinski definition) is 3. The molecule has 0 aromatic rings. The monoisotopic (exact) mass is 267 g/mol. The van der Waals surface area contributed by atoms with Crippen LogP contribution in [0.3, 0.4) is 0 Å². The molecule has 0 bridgehead atoms. The molecule has 2 atom stereocenters. The Morgan fingerprint density at radius 2 is 1.68 bits per heavy atom. The second-order valence-corrected chi connectivity index (χ2v) is 5.57. The van der Waals surface area contributed by atoms with E-state index in [4.69, 9.17) is 5.26 Å². The van der Waals surface area contributed by atoms with E-state index in [1.807, 2.05) is 0 Å². The van der Waals surface area contributed by atoms with Crippen LogP contribution >= 0.6 is 0 Å². The predicted octanol–water partition coefficient (Wildman–Crippen LogP) is 1.37. The van der Waals surface area contributed by atoms with Gasteiger partial charge in [-0.25, -0.2) is 8.78 Å². The van der Waals surface area contributed by atoms with Crippen molar-refractivity contribution in [3.63, 3.8) is 0 Å². The molecule has 2 fully saturated rings. The summed E-state index contributed by atoms with van der Waals surface area (Å²) in [4.78, 5) is 0. The molecule has 1 heterocycles. The van der Waals surface area contributed by atoms with Crippen molar-refractivity contribution >= 4 is 0 Å². The van der Waals surface area contributed by atoms with E-state index < -0.39 is 18.3 Å². The van der Waals surface area contributed by atoms with Crippen LogP contribution in [0.1, 0.15) is 19.8 Å². The minimum atomic E-state index is -1.29. The maximum Gasteiger partial charge on any atom is 0.152 e. The van der Waals surface area contributed by atoms with Crippen molar-refractivity contribution in [2.24, 2.45) is 17.8 Å². The van der Waals surface area contributed by atoms with Gasteiger partial charge in [0, 0.05) is 19.0 Å². The Labute approximate surface area is 112 Å². The quantitative estimate of drug-likeness (QED) is 0.705. The van der Waals surface area contributed by atoms with Crippen LogP contribution in [0.25, 0.3) is 0 Å². The number of alkyl halides is 2. The Kier molecular flexibility index (Phi) is 4.74. The lowest BCUT2D eigenvalue weighted by atomic mass is 9.77. The van der Waals surface area contributed by atoms with Crippen LogP contribution in [0, 0.1) is 40.9 Å². The molecule has 104 valence electrons. The summed E-state index contributed by atoms with van der Waals surface area (Å²) in [6, 6.07) is 1.62. The van der Waals surface area contributed by atoms with Gasteiger partial charge in [-0.3, -0.25) is 0 Å². The van der Waals surface area contributed by atoms with E-state index in [0.29, 0.717) is 18.8 Å². The lowest BCUT2D eigenvalue weighted by Gasteiger charge is -2.40. The van der Waals surface area contributed by atoms with Gasteiger partial charge in [-0.05, 0) is 24.7 Å². The van der Waals surface area contributed by atoms with Gasteiger partial charge in [0.2, 0.25) is 0 Å². The average Bonchev–Trinajstić information content (AvgIpc) is 2.38. The fourth-order valence-corrected chi connectivity index (χ4v) is 2.90. The fourth-order valence-electron chi connectivity index (χ4n) is 2.90. The Morgan fingerprint density at radius 1 is 1.11 bits per heavy atom. The molecule has 1 aliphatic heterocycles. The number of nitrogens with zero attached hydrogens (tertiary/aromatic N) is 1. The molecule has 1 saturated heterocycles. The van der Waals surface area contributed by atoms with E-state index in [2.05, 4.69) is 29.4 Å². The third kappa shape index (κ3) is 3.43. The molecule has 5 heteroatoms. The SMILES string of the molecule is CC1CNC(C2CC(F)C(C#CC#N)C(F)C2)NC1. The van der Waals surface area contributed by atoms with Gasteiger partial charge >= 0.3 is 0 Å². The van der Waals surface area contributed by atoms with Gasteiger partial charge in [0.25, 0.3) is 0 Å². The summed E-state index contributed by atoms with van der Waals surface area (Å²) in [5.41, 5.74) is 0. The Hall–Kier alpha value is -1.17. The van der Waals surface area contributed by atoms with Crippen molar-refractivity contribution < 1.29 is 8.78 Å². The van der Waals surface area contributed by atoms with E-state index >= 15 is 0 Å². The molecule has 1 saturated carbocycles. The minimum absolute atomic E-state index is 0.0161. The summed E-state index contributed by atoms with van der Waals surface area (Å²) >= 11 is 0. The number of nitriles is 1. The van der Waals surface area contributed by atoms with Crippen LogP contribution < -0.4 is 10.6 Å². The van der Waals surface area contributed by atoms with Gasteiger partial charge in [0.05, 0.1) is 12.1 Å². The summed E-state index contributed by atoms with van der Waals surface area (Å²) in [6.45, 7) is 3.87. The Morgan fingerprint density at radius 3 is 2.21 bits per heavy atom. The molecule has 19 heavy (non-hydrogen) atoms. The van der Waals surface area contributed by atoms with Gasteiger partial charge in [-0.15, -0.1) is 0 Å². The van der Waals surface area contributed by atoms with E-state index in [-0.39, 0.29) is 12.1 Å². The lowest BCUT2D eigenvalue weighted by Crippen LogP contribution is -2.57. The molecule has 3 nitrogen and oxygen atoms in total. The highest BCUT2D eigenvalue weighted by molar-refractivity contribution is 5.21. The molecular weight excluding hydrogens is 248 g/mol. The standard InChI is InChI=1S/C14H19F2N3/c1-9-7-18-14(19-8-9)10-5-12(15)11(3-2-4-17)13(16)6-10/h9-14,18-19H,5-8H2,1H3. The molecule has 0 aromatic carbocycles. The first-order valence-corrected chi connectivity index (χ1v) is 6.76. The molecule has 0 spiro atoms. The van der Waals surface area contributed by atoms with Crippen LogP contribution in [0.4, 0.5) is 8.78 Å². The summed E-state index contributed by atoms with van der Waals surface area (Å²) in [6.07, 6.45) is -2.01. The van der Waals surface area contributed by atoms with Crippen molar-refractivity contribution in [2.75, 3.05) is 13.1 Å². The maximum atomic E-state index is 14.0. The summed E-state index contributed by atoms with van der Waals surface area (Å²) in [7, 11) is 0. The summed E-state index contributed by atoms with van der Waals surface area (Å²) < 4.78 is 28.0. The van der Waals surface area contributed by atoms with Gasteiger partial charge in [0.1, 0.15) is 12.3 Å². The zero-order valence-corrected chi connectivity index (χ0v) is 11.0. The van der Waals surface area contributed by atoms with Crippen molar-refractivity contribution in [1.29, 1.82) is 5.26 Å². The molecule has 2 N–H and O–H groups in total. The lowest BCUT2D eigenvalue weighted by molar-refractivity contribution is 0.0483. The van der Waals surface area contributed by atoms with E-state index in [1.54, 1.807) is 6.07 Å². The zero-order chi connectivity index (χ0) is 13.8. The molecule has 0 radical (unpaired) electrons. The third-order valence-electron chi connectivity index (χ3n) is 3.97. The normalized spacial score (nSPS) is 42.8. The second-order valence-electron chi connectivity index (χ2n) is 5.57. The first kappa shape index (κ1) is 14.2. The van der Waals surface area contributed by atoms with Crippen LogP contribution in [0.5, 0.6) is 0 Å². The van der Waals surface area contributed by atoms with Crippen molar-refractivity contribution in [3.05, 3.63) is 0 Å². The molecular formula is C14H19F2N3. The van der Waals surface area contributed by atoms with Gasteiger partial charge in [-0.1, -0.05) is 12.8 Å². The van der Waals surface area contributed by atoms with Crippen LogP contribution in [-0.2, 0) is 0 Å². The highest BCUT2D eigenvalue weighted by atomic mass is 19.1. The molecule has 2 aliphatic rings.